The molecular weight excluding hydrogens is 303 g/mol. The van der Waals surface area contributed by atoms with E-state index in [4.69, 9.17) is 16.3 Å². The Balaban J connectivity index is 2.79. The molecule has 1 aromatic carbocycles. The lowest BCUT2D eigenvalue weighted by Gasteiger charge is -2.19. The maximum atomic E-state index is 11.7. The lowest BCUT2D eigenvalue weighted by atomic mass is 10.1. The number of hydrogen-bond donors (Lipinski definition) is 0. The van der Waals surface area contributed by atoms with E-state index in [1.807, 2.05) is 33.8 Å². The van der Waals surface area contributed by atoms with Crippen LogP contribution in [0.3, 0.4) is 0 Å². The van der Waals surface area contributed by atoms with Crippen LogP contribution in [0.4, 0.5) is 0 Å². The molecule has 0 unspecified atom stereocenters. The summed E-state index contributed by atoms with van der Waals surface area (Å²) in [5.74, 6) is -0.240. The molecule has 0 heterocycles. The Hall–Kier alpha value is -0.540. The zero-order chi connectivity index (χ0) is 13.2. The van der Waals surface area contributed by atoms with E-state index >= 15 is 0 Å². The highest BCUT2D eigenvalue weighted by atomic mass is 79.9. The highest BCUT2D eigenvalue weighted by Crippen LogP contribution is 2.27. The summed E-state index contributed by atoms with van der Waals surface area (Å²) in [5, 5.41) is 0.614. The molecule has 0 amide bonds. The first-order valence-corrected chi connectivity index (χ1v) is 6.52. The zero-order valence-corrected chi connectivity index (χ0v) is 12.8. The van der Waals surface area contributed by atoms with Gasteiger partial charge in [-0.2, -0.15) is 0 Å². The molecule has 1 rings (SSSR count). The molecule has 17 heavy (non-hydrogen) atoms. The van der Waals surface area contributed by atoms with E-state index < -0.39 is 5.60 Å². The van der Waals surface area contributed by atoms with E-state index in [0.29, 0.717) is 5.02 Å². The van der Waals surface area contributed by atoms with Crippen LogP contribution in [0, 0.1) is 6.92 Å². The van der Waals surface area contributed by atoms with Crippen LogP contribution in [0.5, 0.6) is 0 Å². The van der Waals surface area contributed by atoms with E-state index in [1.54, 1.807) is 6.07 Å². The molecule has 94 valence electrons. The molecule has 0 aromatic heterocycles. The van der Waals surface area contributed by atoms with Gasteiger partial charge in [0, 0.05) is 4.47 Å². The quantitative estimate of drug-likeness (QED) is 0.760. The van der Waals surface area contributed by atoms with Crippen LogP contribution in [-0.2, 0) is 16.0 Å². The molecule has 0 saturated carbocycles. The van der Waals surface area contributed by atoms with Crippen molar-refractivity contribution in [3.8, 4) is 0 Å². The average Bonchev–Trinajstić information content (AvgIpc) is 2.10. The molecule has 1 aromatic rings. The number of halogens is 2. The topological polar surface area (TPSA) is 26.3 Å². The Morgan fingerprint density at radius 1 is 1.41 bits per heavy atom. The van der Waals surface area contributed by atoms with Crippen molar-refractivity contribution in [2.75, 3.05) is 0 Å². The molecule has 0 spiro atoms. The van der Waals surface area contributed by atoms with Gasteiger partial charge >= 0.3 is 5.97 Å². The van der Waals surface area contributed by atoms with Gasteiger partial charge in [-0.1, -0.05) is 17.7 Å². The summed E-state index contributed by atoms with van der Waals surface area (Å²) in [7, 11) is 0. The third kappa shape index (κ3) is 4.68. The van der Waals surface area contributed by atoms with Gasteiger partial charge in [-0.15, -0.1) is 0 Å². The van der Waals surface area contributed by atoms with Crippen LogP contribution in [-0.4, -0.2) is 11.6 Å². The number of aryl methyl sites for hydroxylation is 1. The molecule has 4 heteroatoms. The largest absolute Gasteiger partial charge is 0.460 e. The third-order valence-electron chi connectivity index (χ3n) is 2.04. The summed E-state index contributed by atoms with van der Waals surface area (Å²) in [4.78, 5) is 11.7. The summed E-state index contributed by atoms with van der Waals surface area (Å²) < 4.78 is 6.13. The second-order valence-corrected chi connectivity index (χ2v) is 6.17. The van der Waals surface area contributed by atoms with Crippen molar-refractivity contribution >= 4 is 33.5 Å². The van der Waals surface area contributed by atoms with Gasteiger partial charge in [0.25, 0.3) is 0 Å². The number of benzene rings is 1. The van der Waals surface area contributed by atoms with E-state index in [2.05, 4.69) is 15.9 Å². The first kappa shape index (κ1) is 14.5. The maximum Gasteiger partial charge on any atom is 0.310 e. The van der Waals surface area contributed by atoms with Crippen molar-refractivity contribution in [3.05, 3.63) is 32.8 Å². The lowest BCUT2D eigenvalue weighted by Crippen LogP contribution is -2.24. The summed E-state index contributed by atoms with van der Waals surface area (Å²) in [5.41, 5.74) is 1.42. The van der Waals surface area contributed by atoms with E-state index in [1.165, 1.54) is 0 Å². The fourth-order valence-corrected chi connectivity index (χ4v) is 1.96. The molecule has 0 atom stereocenters. The molecule has 0 aliphatic heterocycles. The normalized spacial score (nSPS) is 11.4. The number of carbonyl (C=O) groups is 1. The van der Waals surface area contributed by atoms with Crippen LogP contribution in [0.15, 0.2) is 16.6 Å². The highest BCUT2D eigenvalue weighted by molar-refractivity contribution is 9.10. The molecule has 0 aliphatic rings. The standard InChI is InChI=1S/C13H16BrClO2/c1-8-5-9(6-10(15)12(8)14)7-11(16)17-13(2,3)4/h5-6H,7H2,1-4H3. The number of esters is 1. The van der Waals surface area contributed by atoms with Gasteiger partial charge in [0.2, 0.25) is 0 Å². The molecule has 0 radical (unpaired) electrons. The Morgan fingerprint density at radius 3 is 2.47 bits per heavy atom. The number of ether oxygens (including phenoxy) is 1. The van der Waals surface area contributed by atoms with E-state index in [9.17, 15) is 4.79 Å². The van der Waals surface area contributed by atoms with Crippen molar-refractivity contribution in [1.82, 2.24) is 0 Å². The van der Waals surface area contributed by atoms with E-state index in [0.717, 1.165) is 15.6 Å². The van der Waals surface area contributed by atoms with Crippen molar-refractivity contribution in [1.29, 1.82) is 0 Å². The van der Waals surface area contributed by atoms with Gasteiger partial charge < -0.3 is 4.74 Å². The highest BCUT2D eigenvalue weighted by Gasteiger charge is 2.17. The second-order valence-electron chi connectivity index (χ2n) is 4.97. The predicted molar refractivity (Wildman–Crippen MR) is 73.4 cm³/mol. The summed E-state index contributed by atoms with van der Waals surface area (Å²) in [6.45, 7) is 7.49. The monoisotopic (exact) mass is 318 g/mol. The SMILES string of the molecule is Cc1cc(CC(=O)OC(C)(C)C)cc(Cl)c1Br. The Morgan fingerprint density at radius 2 is 2.00 bits per heavy atom. The van der Waals surface area contributed by atoms with Crippen LogP contribution in [0.25, 0.3) is 0 Å². The van der Waals surface area contributed by atoms with Gasteiger partial charge in [0.1, 0.15) is 5.60 Å². The minimum atomic E-state index is -0.453. The van der Waals surface area contributed by atoms with Gasteiger partial charge in [-0.05, 0) is 60.8 Å². The fraction of sp³-hybridized carbons (Fsp3) is 0.462. The van der Waals surface area contributed by atoms with Gasteiger partial charge in [-0.25, -0.2) is 0 Å². The van der Waals surface area contributed by atoms with Gasteiger partial charge in [-0.3, -0.25) is 4.79 Å². The molecule has 2 nitrogen and oxygen atoms in total. The predicted octanol–water partition coefficient (Wildman–Crippen LogP) is 4.30. The number of carbonyl (C=O) groups excluding carboxylic acids is 1. The van der Waals surface area contributed by atoms with Crippen LogP contribution >= 0.6 is 27.5 Å². The van der Waals surface area contributed by atoms with Gasteiger partial charge in [0.15, 0.2) is 0 Å². The molecule has 0 saturated heterocycles. The Labute approximate surface area is 115 Å². The van der Waals surface area contributed by atoms with Crippen LogP contribution in [0.2, 0.25) is 5.02 Å². The first-order valence-electron chi connectivity index (χ1n) is 5.35. The number of rotatable bonds is 2. The van der Waals surface area contributed by atoms with E-state index in [-0.39, 0.29) is 12.4 Å². The minimum Gasteiger partial charge on any atom is -0.460 e. The average molecular weight is 320 g/mol. The van der Waals surface area contributed by atoms with Crippen molar-refractivity contribution in [2.45, 2.75) is 39.7 Å². The van der Waals surface area contributed by atoms with Crippen LogP contribution in [0.1, 0.15) is 31.9 Å². The molecular formula is C13H16BrClO2. The maximum absolute atomic E-state index is 11.7. The number of hydrogen-bond acceptors (Lipinski definition) is 2. The summed E-state index contributed by atoms with van der Waals surface area (Å²) in [6.07, 6.45) is 0.241. The Kier molecular flexibility index (Phi) is 4.62. The van der Waals surface area contributed by atoms with Crippen molar-refractivity contribution < 1.29 is 9.53 Å². The smallest absolute Gasteiger partial charge is 0.310 e. The second kappa shape index (κ2) is 5.40. The van der Waals surface area contributed by atoms with Crippen LogP contribution < -0.4 is 0 Å². The summed E-state index contributed by atoms with van der Waals surface area (Å²) >= 11 is 9.42. The van der Waals surface area contributed by atoms with Gasteiger partial charge in [0.05, 0.1) is 11.4 Å². The molecule has 0 N–H and O–H groups in total. The Bertz CT molecular complexity index is 413. The fourth-order valence-electron chi connectivity index (χ4n) is 1.44. The molecule has 0 fully saturated rings. The van der Waals surface area contributed by atoms with Crippen molar-refractivity contribution in [2.24, 2.45) is 0 Å². The third-order valence-corrected chi connectivity index (χ3v) is 3.62. The first-order chi connectivity index (χ1) is 7.69. The molecule has 0 aliphatic carbocycles. The van der Waals surface area contributed by atoms with Crippen molar-refractivity contribution in [3.63, 3.8) is 0 Å². The molecule has 0 bridgehead atoms. The zero-order valence-electron chi connectivity index (χ0n) is 10.4. The summed E-state index contributed by atoms with van der Waals surface area (Å²) in [6, 6.07) is 3.71. The lowest BCUT2D eigenvalue weighted by molar-refractivity contribution is -0.153. The minimum absolute atomic E-state index is 0.240.